The van der Waals surface area contributed by atoms with Crippen LogP contribution in [0.25, 0.3) is 0 Å². The first-order chi connectivity index (χ1) is 9.79. The summed E-state index contributed by atoms with van der Waals surface area (Å²) in [7, 11) is 0. The van der Waals surface area contributed by atoms with Crippen molar-refractivity contribution >= 4 is 17.2 Å². The Morgan fingerprint density at radius 3 is 3.05 bits per heavy atom. The number of nitrogens with zero attached hydrogens (tertiary/aromatic N) is 1. The van der Waals surface area contributed by atoms with E-state index in [1.165, 1.54) is 0 Å². The molecule has 2 heterocycles. The Kier molecular flexibility index (Phi) is 6.42. The van der Waals surface area contributed by atoms with Crippen LogP contribution in [0.4, 0.5) is 0 Å². The summed E-state index contributed by atoms with van der Waals surface area (Å²) in [6.07, 6.45) is 5.44. The van der Waals surface area contributed by atoms with Gasteiger partial charge in [-0.1, -0.05) is 6.92 Å². The summed E-state index contributed by atoms with van der Waals surface area (Å²) in [5.41, 5.74) is 0. The molecule has 2 rings (SSSR count). The van der Waals surface area contributed by atoms with Gasteiger partial charge in [-0.05, 0) is 32.4 Å². The lowest BCUT2D eigenvalue weighted by atomic mass is 10.1. The van der Waals surface area contributed by atoms with Crippen LogP contribution in [0.1, 0.15) is 43.7 Å². The van der Waals surface area contributed by atoms with Crippen molar-refractivity contribution in [2.24, 2.45) is 0 Å². The smallest absolute Gasteiger partial charge is 0.222 e. The summed E-state index contributed by atoms with van der Waals surface area (Å²) in [5, 5.41) is 9.23. The van der Waals surface area contributed by atoms with Crippen LogP contribution in [0.2, 0.25) is 0 Å². The van der Waals surface area contributed by atoms with Crippen LogP contribution in [0.5, 0.6) is 0 Å². The molecule has 1 saturated heterocycles. The zero-order valence-corrected chi connectivity index (χ0v) is 12.7. The first-order valence-electron chi connectivity index (χ1n) is 7.30. The van der Waals surface area contributed by atoms with Crippen molar-refractivity contribution in [3.63, 3.8) is 0 Å². The molecule has 1 aromatic heterocycles. The average molecular weight is 297 g/mol. The van der Waals surface area contributed by atoms with Crippen molar-refractivity contribution in [3.05, 3.63) is 16.6 Å². The number of ether oxygens (including phenoxy) is 1. The first-order valence-corrected chi connectivity index (χ1v) is 8.18. The fourth-order valence-corrected chi connectivity index (χ4v) is 3.06. The number of hydrogen-bond acceptors (Lipinski definition) is 5. The van der Waals surface area contributed by atoms with E-state index in [9.17, 15) is 4.79 Å². The van der Waals surface area contributed by atoms with Crippen LogP contribution in [0, 0.1) is 0 Å². The SMILES string of the molecule is CCC(NC(=O)CCOC1CCNCC1)c1nccs1. The van der Waals surface area contributed by atoms with Crippen LogP contribution in [-0.2, 0) is 9.53 Å². The summed E-state index contributed by atoms with van der Waals surface area (Å²) in [6, 6.07) is 0.0291. The number of nitrogens with one attached hydrogen (secondary N) is 2. The molecule has 0 spiro atoms. The third kappa shape index (κ3) is 4.85. The van der Waals surface area contributed by atoms with Gasteiger partial charge in [-0.2, -0.15) is 0 Å². The van der Waals surface area contributed by atoms with Gasteiger partial charge in [0.05, 0.1) is 18.8 Å². The van der Waals surface area contributed by atoms with Gasteiger partial charge in [0.1, 0.15) is 5.01 Å². The second-order valence-electron chi connectivity index (χ2n) is 4.97. The van der Waals surface area contributed by atoms with E-state index in [4.69, 9.17) is 4.74 Å². The molecule has 1 aliphatic heterocycles. The first kappa shape index (κ1) is 15.4. The standard InChI is InChI=1S/C14H23N3O2S/c1-2-12(14-16-8-10-20-14)17-13(18)5-9-19-11-3-6-15-7-4-11/h8,10-12,15H,2-7,9H2,1H3,(H,17,18). The minimum Gasteiger partial charge on any atom is -0.378 e. The fraction of sp³-hybridized carbons (Fsp3) is 0.714. The normalized spacial score (nSPS) is 17.9. The summed E-state index contributed by atoms with van der Waals surface area (Å²) < 4.78 is 5.75. The summed E-state index contributed by atoms with van der Waals surface area (Å²) in [6.45, 7) is 4.58. The van der Waals surface area contributed by atoms with Crippen LogP contribution in [0.3, 0.4) is 0 Å². The molecule has 0 aliphatic carbocycles. The second kappa shape index (κ2) is 8.34. The molecule has 1 amide bonds. The second-order valence-corrected chi connectivity index (χ2v) is 5.89. The fourth-order valence-electron chi connectivity index (χ4n) is 2.29. The van der Waals surface area contributed by atoms with E-state index in [1.807, 2.05) is 5.38 Å². The lowest BCUT2D eigenvalue weighted by molar-refractivity contribution is -0.123. The molecular weight excluding hydrogens is 274 g/mol. The molecule has 0 aromatic carbocycles. The predicted octanol–water partition coefficient (Wildman–Crippen LogP) is 1.87. The molecule has 1 aromatic rings. The zero-order valence-electron chi connectivity index (χ0n) is 11.9. The lowest BCUT2D eigenvalue weighted by Gasteiger charge is -2.23. The van der Waals surface area contributed by atoms with Crippen LogP contribution in [0.15, 0.2) is 11.6 Å². The van der Waals surface area contributed by atoms with Gasteiger partial charge < -0.3 is 15.4 Å². The number of rotatable bonds is 7. The van der Waals surface area contributed by atoms with E-state index >= 15 is 0 Å². The monoisotopic (exact) mass is 297 g/mol. The van der Waals surface area contributed by atoms with E-state index in [1.54, 1.807) is 17.5 Å². The van der Waals surface area contributed by atoms with Crippen LogP contribution < -0.4 is 10.6 Å². The number of hydrogen-bond donors (Lipinski definition) is 2. The highest BCUT2D eigenvalue weighted by Gasteiger charge is 2.16. The number of amides is 1. The Hall–Kier alpha value is -0.980. The lowest BCUT2D eigenvalue weighted by Crippen LogP contribution is -2.34. The largest absolute Gasteiger partial charge is 0.378 e. The van der Waals surface area contributed by atoms with Gasteiger partial charge in [0.15, 0.2) is 0 Å². The van der Waals surface area contributed by atoms with E-state index in [-0.39, 0.29) is 11.9 Å². The maximum Gasteiger partial charge on any atom is 0.222 e. The van der Waals surface area contributed by atoms with Gasteiger partial charge in [-0.15, -0.1) is 11.3 Å². The number of piperidine rings is 1. The summed E-state index contributed by atoms with van der Waals surface area (Å²) in [5.74, 6) is 0.0426. The Bertz CT molecular complexity index is 391. The summed E-state index contributed by atoms with van der Waals surface area (Å²) in [4.78, 5) is 16.2. The van der Waals surface area contributed by atoms with Crippen LogP contribution >= 0.6 is 11.3 Å². The molecule has 0 radical (unpaired) electrons. The van der Waals surface area contributed by atoms with Crippen molar-refractivity contribution in [1.29, 1.82) is 0 Å². The predicted molar refractivity (Wildman–Crippen MR) is 79.7 cm³/mol. The third-order valence-corrected chi connectivity index (χ3v) is 4.35. The average Bonchev–Trinajstić information content (AvgIpc) is 3.00. The molecule has 5 nitrogen and oxygen atoms in total. The van der Waals surface area contributed by atoms with Gasteiger partial charge in [0, 0.05) is 18.0 Å². The zero-order chi connectivity index (χ0) is 14.2. The van der Waals surface area contributed by atoms with Crippen molar-refractivity contribution in [2.75, 3.05) is 19.7 Å². The molecule has 1 aliphatic rings. The van der Waals surface area contributed by atoms with Gasteiger partial charge in [-0.3, -0.25) is 4.79 Å². The van der Waals surface area contributed by atoms with Crippen LogP contribution in [-0.4, -0.2) is 36.7 Å². The quantitative estimate of drug-likeness (QED) is 0.806. The van der Waals surface area contributed by atoms with Gasteiger partial charge >= 0.3 is 0 Å². The Labute approximate surface area is 124 Å². The molecule has 0 bridgehead atoms. The molecule has 1 unspecified atom stereocenters. The number of aromatic nitrogens is 1. The molecule has 1 atom stereocenters. The van der Waals surface area contributed by atoms with Crippen molar-refractivity contribution in [1.82, 2.24) is 15.6 Å². The summed E-state index contributed by atoms with van der Waals surface area (Å²) >= 11 is 1.58. The molecule has 112 valence electrons. The van der Waals surface area contributed by atoms with Gasteiger partial charge in [-0.25, -0.2) is 4.98 Å². The minimum absolute atomic E-state index is 0.0291. The number of carbonyl (C=O) groups is 1. The highest BCUT2D eigenvalue weighted by molar-refractivity contribution is 7.09. The van der Waals surface area contributed by atoms with Gasteiger partial charge in [0.25, 0.3) is 0 Å². The molecule has 1 fully saturated rings. The molecule has 2 N–H and O–H groups in total. The topological polar surface area (TPSA) is 63.2 Å². The highest BCUT2D eigenvalue weighted by Crippen LogP contribution is 2.18. The Morgan fingerprint density at radius 2 is 2.40 bits per heavy atom. The van der Waals surface area contributed by atoms with E-state index in [0.29, 0.717) is 19.1 Å². The maximum atomic E-state index is 11.9. The Morgan fingerprint density at radius 1 is 1.60 bits per heavy atom. The maximum absolute atomic E-state index is 11.9. The van der Waals surface area contributed by atoms with Crippen molar-refractivity contribution in [2.45, 2.75) is 44.8 Å². The van der Waals surface area contributed by atoms with E-state index in [0.717, 1.165) is 37.4 Å². The minimum atomic E-state index is 0.0291. The van der Waals surface area contributed by atoms with Gasteiger partial charge in [0.2, 0.25) is 5.91 Å². The third-order valence-electron chi connectivity index (χ3n) is 3.46. The van der Waals surface area contributed by atoms with Crippen molar-refractivity contribution in [3.8, 4) is 0 Å². The molecule has 0 saturated carbocycles. The number of thiazole rings is 1. The highest BCUT2D eigenvalue weighted by atomic mass is 32.1. The molecular formula is C14H23N3O2S. The van der Waals surface area contributed by atoms with E-state index in [2.05, 4.69) is 22.5 Å². The molecule has 6 heteroatoms. The Balaban J connectivity index is 1.66. The number of carbonyl (C=O) groups excluding carboxylic acids is 1. The van der Waals surface area contributed by atoms with Crippen molar-refractivity contribution < 1.29 is 9.53 Å². The van der Waals surface area contributed by atoms with E-state index < -0.39 is 0 Å². The molecule has 20 heavy (non-hydrogen) atoms.